The first-order valence-corrected chi connectivity index (χ1v) is 5.09. The minimum absolute atomic E-state index is 0.0503. The summed E-state index contributed by atoms with van der Waals surface area (Å²) in [6, 6.07) is 0.0503. The molecule has 1 saturated heterocycles. The molecule has 0 radical (unpaired) electrons. The lowest BCUT2D eigenvalue weighted by Crippen LogP contribution is -2.55. The van der Waals surface area contributed by atoms with Crippen molar-refractivity contribution in [3.8, 4) is 0 Å². The van der Waals surface area contributed by atoms with Gasteiger partial charge in [-0.3, -0.25) is 4.79 Å². The lowest BCUT2D eigenvalue weighted by atomic mass is 9.80. The molecule has 1 aliphatic rings. The Balaban J connectivity index is 2.25. The molecule has 1 aliphatic heterocycles. The van der Waals surface area contributed by atoms with E-state index in [-0.39, 0.29) is 12.0 Å². The zero-order chi connectivity index (χ0) is 10.7. The predicted octanol–water partition coefficient (Wildman–Crippen LogP) is 1.39. The van der Waals surface area contributed by atoms with Gasteiger partial charge in [0.1, 0.15) is 0 Å². The van der Waals surface area contributed by atoms with E-state index < -0.39 is 0 Å². The summed E-state index contributed by atoms with van der Waals surface area (Å²) in [7, 11) is 0. The van der Waals surface area contributed by atoms with Gasteiger partial charge in [-0.25, -0.2) is 0 Å². The van der Waals surface area contributed by atoms with Crippen molar-refractivity contribution in [2.24, 2.45) is 11.8 Å². The number of hydroxylamine groups is 2. The molecule has 2 atom stereocenters. The molecule has 1 heterocycles. The Morgan fingerprint density at radius 1 is 1.64 bits per heavy atom. The van der Waals surface area contributed by atoms with E-state index in [1.54, 1.807) is 0 Å². The van der Waals surface area contributed by atoms with Crippen molar-refractivity contribution >= 4 is 5.97 Å². The Hall–Kier alpha value is -0.610. The average molecular weight is 200 g/mol. The van der Waals surface area contributed by atoms with Crippen LogP contribution in [-0.4, -0.2) is 30.2 Å². The first kappa shape index (κ1) is 11.5. The van der Waals surface area contributed by atoms with Crippen LogP contribution < -0.4 is 0 Å². The summed E-state index contributed by atoms with van der Waals surface area (Å²) in [5.74, 6) is 0.716. The highest BCUT2D eigenvalue weighted by Gasteiger charge is 2.34. The minimum Gasteiger partial charge on any atom is -0.785 e. The van der Waals surface area contributed by atoms with Gasteiger partial charge in [-0.05, 0) is 24.8 Å². The average Bonchev–Trinajstić information content (AvgIpc) is 2.07. The van der Waals surface area contributed by atoms with Crippen molar-refractivity contribution in [1.82, 2.24) is 5.06 Å². The van der Waals surface area contributed by atoms with Crippen molar-refractivity contribution in [3.05, 3.63) is 5.21 Å². The third-order valence-electron chi connectivity index (χ3n) is 2.83. The standard InChI is InChI=1S/C10H18NO3/c1-7(2)9-6-11(13)10(9)4-5-14-8(3)12/h7,9-10H,4-6H2,1-3H3/q-1. The second-order valence-electron chi connectivity index (χ2n) is 4.20. The second kappa shape index (κ2) is 4.75. The molecule has 0 aromatic carbocycles. The Morgan fingerprint density at radius 3 is 2.71 bits per heavy atom. The van der Waals surface area contributed by atoms with Gasteiger partial charge in [-0.15, -0.1) is 0 Å². The minimum atomic E-state index is -0.275. The smallest absolute Gasteiger partial charge is 0.302 e. The fourth-order valence-corrected chi connectivity index (χ4v) is 1.88. The summed E-state index contributed by atoms with van der Waals surface area (Å²) in [5, 5.41) is 12.3. The first-order valence-electron chi connectivity index (χ1n) is 5.09. The maximum Gasteiger partial charge on any atom is 0.302 e. The number of hydrogen-bond donors (Lipinski definition) is 0. The van der Waals surface area contributed by atoms with Crippen LogP contribution in [0, 0.1) is 17.0 Å². The molecule has 4 nitrogen and oxygen atoms in total. The van der Waals surface area contributed by atoms with Gasteiger partial charge in [0, 0.05) is 13.0 Å². The van der Waals surface area contributed by atoms with E-state index in [4.69, 9.17) is 4.74 Å². The van der Waals surface area contributed by atoms with Crippen LogP contribution in [-0.2, 0) is 9.53 Å². The van der Waals surface area contributed by atoms with Crippen molar-refractivity contribution in [2.45, 2.75) is 33.2 Å². The quantitative estimate of drug-likeness (QED) is 0.643. The summed E-state index contributed by atoms with van der Waals surface area (Å²) in [6.45, 7) is 6.62. The SMILES string of the molecule is CC(=O)OCCC1C(C(C)C)CN1[O-]. The zero-order valence-electron chi connectivity index (χ0n) is 9.03. The number of hydrogen-bond acceptors (Lipinski definition) is 4. The number of carbonyl (C=O) groups is 1. The number of esters is 1. The van der Waals surface area contributed by atoms with Gasteiger partial charge in [0.2, 0.25) is 0 Å². The van der Waals surface area contributed by atoms with Gasteiger partial charge in [-0.2, -0.15) is 0 Å². The van der Waals surface area contributed by atoms with E-state index in [1.807, 2.05) is 0 Å². The van der Waals surface area contributed by atoms with Gasteiger partial charge < -0.3 is 15.0 Å². The van der Waals surface area contributed by atoms with Crippen molar-refractivity contribution < 1.29 is 9.53 Å². The molecule has 1 rings (SSSR count). The summed E-state index contributed by atoms with van der Waals surface area (Å²) in [5.41, 5.74) is 0. The first-order chi connectivity index (χ1) is 6.52. The van der Waals surface area contributed by atoms with Gasteiger partial charge in [0.05, 0.1) is 6.61 Å². The molecule has 0 N–H and O–H groups in total. The zero-order valence-corrected chi connectivity index (χ0v) is 9.03. The summed E-state index contributed by atoms with van der Waals surface area (Å²) >= 11 is 0. The van der Waals surface area contributed by atoms with Gasteiger partial charge in [-0.1, -0.05) is 13.8 Å². The topological polar surface area (TPSA) is 52.6 Å². The van der Waals surface area contributed by atoms with E-state index >= 15 is 0 Å². The molecule has 0 aliphatic carbocycles. The summed E-state index contributed by atoms with van der Waals surface area (Å²) < 4.78 is 4.82. The molecule has 0 aromatic heterocycles. The molecule has 82 valence electrons. The molecule has 1 fully saturated rings. The normalized spacial score (nSPS) is 27.5. The molecule has 0 spiro atoms. The van der Waals surface area contributed by atoms with Crippen LogP contribution in [0.2, 0.25) is 0 Å². The van der Waals surface area contributed by atoms with Crippen LogP contribution in [0.25, 0.3) is 0 Å². The fraction of sp³-hybridized carbons (Fsp3) is 0.900. The predicted molar refractivity (Wildman–Crippen MR) is 53.4 cm³/mol. The number of ether oxygens (including phenoxy) is 1. The van der Waals surface area contributed by atoms with E-state index in [0.717, 1.165) is 5.06 Å². The van der Waals surface area contributed by atoms with Crippen LogP contribution in [0.4, 0.5) is 0 Å². The Morgan fingerprint density at radius 2 is 2.29 bits per heavy atom. The Kier molecular flexibility index (Phi) is 3.89. The molecule has 2 unspecified atom stereocenters. The van der Waals surface area contributed by atoms with Crippen LogP contribution in [0.1, 0.15) is 27.2 Å². The summed E-state index contributed by atoms with van der Waals surface area (Å²) in [6.07, 6.45) is 0.659. The van der Waals surface area contributed by atoms with Crippen molar-refractivity contribution in [2.75, 3.05) is 13.2 Å². The van der Waals surface area contributed by atoms with E-state index in [0.29, 0.717) is 31.4 Å². The maximum atomic E-state index is 11.2. The Bertz CT molecular complexity index is 206. The van der Waals surface area contributed by atoms with Crippen molar-refractivity contribution in [1.29, 1.82) is 0 Å². The van der Waals surface area contributed by atoms with E-state index in [9.17, 15) is 10.0 Å². The highest BCUT2D eigenvalue weighted by Crippen LogP contribution is 2.32. The third-order valence-corrected chi connectivity index (χ3v) is 2.83. The van der Waals surface area contributed by atoms with Gasteiger partial charge >= 0.3 is 5.97 Å². The molecule has 0 saturated carbocycles. The van der Waals surface area contributed by atoms with Crippen LogP contribution >= 0.6 is 0 Å². The van der Waals surface area contributed by atoms with Crippen LogP contribution in [0.5, 0.6) is 0 Å². The van der Waals surface area contributed by atoms with Crippen LogP contribution in [0.15, 0.2) is 0 Å². The second-order valence-corrected chi connectivity index (χ2v) is 4.20. The molecule has 0 aromatic rings. The molecular weight excluding hydrogens is 182 g/mol. The number of rotatable bonds is 4. The fourth-order valence-electron chi connectivity index (χ4n) is 1.88. The largest absolute Gasteiger partial charge is 0.785 e. The number of carbonyl (C=O) groups excluding carboxylic acids is 1. The monoisotopic (exact) mass is 200 g/mol. The molecule has 0 amide bonds. The van der Waals surface area contributed by atoms with E-state index in [1.165, 1.54) is 6.92 Å². The lowest BCUT2D eigenvalue weighted by molar-refractivity contribution is -0.142. The maximum absolute atomic E-state index is 11.2. The van der Waals surface area contributed by atoms with Crippen LogP contribution in [0.3, 0.4) is 0 Å². The highest BCUT2D eigenvalue weighted by atomic mass is 16.5. The highest BCUT2D eigenvalue weighted by molar-refractivity contribution is 5.65. The molecule has 0 bridgehead atoms. The summed E-state index contributed by atoms with van der Waals surface area (Å²) in [4.78, 5) is 10.5. The van der Waals surface area contributed by atoms with Crippen molar-refractivity contribution in [3.63, 3.8) is 0 Å². The molecular formula is C10H18NO3-. The third kappa shape index (κ3) is 2.69. The molecule has 14 heavy (non-hydrogen) atoms. The molecule has 4 heteroatoms. The lowest BCUT2D eigenvalue weighted by Gasteiger charge is -2.55. The van der Waals surface area contributed by atoms with E-state index in [2.05, 4.69) is 13.8 Å². The Labute approximate surface area is 84.8 Å². The van der Waals surface area contributed by atoms with Gasteiger partial charge in [0.15, 0.2) is 0 Å². The number of nitrogens with zero attached hydrogens (tertiary/aromatic N) is 1. The van der Waals surface area contributed by atoms with Gasteiger partial charge in [0.25, 0.3) is 0 Å².